The van der Waals surface area contributed by atoms with Gasteiger partial charge in [0.1, 0.15) is 6.04 Å². The number of esters is 1. The van der Waals surface area contributed by atoms with Gasteiger partial charge in [-0.2, -0.15) is 0 Å². The maximum atomic E-state index is 13.7. The molecule has 2 amide bonds. The van der Waals surface area contributed by atoms with E-state index >= 15 is 0 Å². The van der Waals surface area contributed by atoms with Crippen LogP contribution in [-0.4, -0.2) is 59.1 Å². The minimum absolute atomic E-state index is 0.0143. The number of nitrogens with zero attached hydrogens (tertiary/aromatic N) is 1. The van der Waals surface area contributed by atoms with Crippen LogP contribution in [0.4, 0.5) is 0 Å². The lowest BCUT2D eigenvalue weighted by molar-refractivity contribution is -0.156. The summed E-state index contributed by atoms with van der Waals surface area (Å²) < 4.78 is 5.33. The molecular weight excluding hydrogens is 384 g/mol. The normalized spacial score (nSPS) is 30.2. The Bertz CT molecular complexity index is 662. The van der Waals surface area contributed by atoms with Gasteiger partial charge in [0.25, 0.3) is 0 Å². The van der Waals surface area contributed by atoms with Crippen molar-refractivity contribution in [2.45, 2.75) is 72.5 Å². The predicted molar refractivity (Wildman–Crippen MR) is 114 cm³/mol. The first-order valence-electron chi connectivity index (χ1n) is 11.3. The second-order valence-corrected chi connectivity index (χ2v) is 8.83. The monoisotopic (exact) mass is 422 g/mol. The molecule has 1 aliphatic heterocycles. The lowest BCUT2D eigenvalue weighted by Gasteiger charge is -2.36. The maximum absolute atomic E-state index is 13.7. The predicted octanol–water partition coefficient (Wildman–Crippen LogP) is 2.14. The molecule has 0 aromatic heterocycles. The number of allylic oxidation sites excluding steroid dienone is 1. The minimum atomic E-state index is -0.748. The van der Waals surface area contributed by atoms with Crippen molar-refractivity contribution in [3.63, 3.8) is 0 Å². The summed E-state index contributed by atoms with van der Waals surface area (Å²) in [6.45, 7) is 11.5. The van der Waals surface area contributed by atoms with Crippen LogP contribution in [0.15, 0.2) is 12.2 Å². The Kier molecular flexibility index (Phi) is 8.47. The molecule has 1 heterocycles. The smallest absolute Gasteiger partial charge is 0.310 e. The Morgan fingerprint density at radius 2 is 1.87 bits per heavy atom. The lowest BCUT2D eigenvalue weighted by Crippen LogP contribution is -2.55. The summed E-state index contributed by atoms with van der Waals surface area (Å²) >= 11 is 0. The van der Waals surface area contributed by atoms with E-state index in [-0.39, 0.29) is 48.9 Å². The van der Waals surface area contributed by atoms with Gasteiger partial charge in [0.15, 0.2) is 0 Å². The molecule has 0 saturated carbocycles. The summed E-state index contributed by atoms with van der Waals surface area (Å²) in [4.78, 5) is 41.4. The van der Waals surface area contributed by atoms with Gasteiger partial charge in [-0.1, -0.05) is 39.3 Å². The first-order valence-corrected chi connectivity index (χ1v) is 11.3. The number of rotatable bonds is 9. The van der Waals surface area contributed by atoms with E-state index in [1.807, 2.05) is 46.8 Å². The fourth-order valence-corrected chi connectivity index (χ4v) is 4.94. The topological polar surface area (TPSA) is 95.9 Å². The molecule has 1 saturated heterocycles. The van der Waals surface area contributed by atoms with E-state index in [4.69, 9.17) is 4.74 Å². The van der Waals surface area contributed by atoms with E-state index in [9.17, 15) is 19.5 Å². The molecule has 7 atom stereocenters. The second kappa shape index (κ2) is 10.4. The van der Waals surface area contributed by atoms with Crippen LogP contribution >= 0.6 is 0 Å². The van der Waals surface area contributed by atoms with Crippen LogP contribution in [0.25, 0.3) is 0 Å². The number of hydrogen-bond acceptors (Lipinski definition) is 5. The Morgan fingerprint density at radius 3 is 2.37 bits per heavy atom. The summed E-state index contributed by atoms with van der Waals surface area (Å²) in [5.41, 5.74) is 0. The second-order valence-electron chi connectivity index (χ2n) is 8.83. The quantitative estimate of drug-likeness (QED) is 0.438. The molecule has 2 N–H and O–H groups in total. The summed E-state index contributed by atoms with van der Waals surface area (Å²) in [5, 5.41) is 13.1. The van der Waals surface area contributed by atoms with Crippen molar-refractivity contribution in [3.8, 4) is 0 Å². The summed E-state index contributed by atoms with van der Waals surface area (Å²) in [6, 6.07) is -1.31. The van der Waals surface area contributed by atoms with E-state index in [0.717, 1.165) is 6.42 Å². The molecule has 0 radical (unpaired) electrons. The minimum Gasteiger partial charge on any atom is -0.466 e. The highest BCUT2D eigenvalue weighted by Crippen LogP contribution is 2.46. The van der Waals surface area contributed by atoms with Crippen LogP contribution in [0.5, 0.6) is 0 Å². The van der Waals surface area contributed by atoms with Crippen LogP contribution in [0, 0.1) is 29.6 Å². The third-order valence-corrected chi connectivity index (χ3v) is 6.62. The van der Waals surface area contributed by atoms with Crippen molar-refractivity contribution < 1.29 is 24.2 Å². The molecule has 1 aliphatic carbocycles. The first-order chi connectivity index (χ1) is 14.2. The highest BCUT2D eigenvalue weighted by Gasteiger charge is 2.59. The zero-order chi connectivity index (χ0) is 22.6. The molecule has 2 rings (SSSR count). The number of ether oxygens (including phenoxy) is 1. The van der Waals surface area contributed by atoms with E-state index < -0.39 is 29.8 Å². The van der Waals surface area contributed by atoms with Crippen molar-refractivity contribution in [3.05, 3.63) is 12.2 Å². The molecule has 7 heteroatoms. The zero-order valence-corrected chi connectivity index (χ0v) is 19.1. The molecule has 0 bridgehead atoms. The number of aliphatic hydroxyl groups is 1. The standard InChI is InChI=1S/C23H38N2O5/c1-7-14(6)17(12-26)25-20(21(27)24-13(4)5)16-11-10-15(8-2)18(19(16)22(25)28)23(29)30-9-3/h10-11,13-20,26H,7-9,12H2,1-6H3,(H,24,27)/t14-,15+,16-,17-,18+,19-,20-/m0/s1. The molecule has 1 fully saturated rings. The number of likely N-dealkylation sites (tertiary alicyclic amines) is 1. The highest BCUT2D eigenvalue weighted by molar-refractivity contribution is 5.96. The first kappa shape index (κ1) is 24.4. The molecule has 30 heavy (non-hydrogen) atoms. The maximum Gasteiger partial charge on any atom is 0.310 e. The van der Waals surface area contributed by atoms with E-state index in [2.05, 4.69) is 5.32 Å². The van der Waals surface area contributed by atoms with Gasteiger partial charge in [0.2, 0.25) is 11.8 Å². The number of nitrogens with one attached hydrogen (secondary N) is 1. The Balaban J connectivity index is 2.56. The van der Waals surface area contributed by atoms with Crippen molar-refractivity contribution in [1.82, 2.24) is 10.2 Å². The van der Waals surface area contributed by atoms with Crippen LogP contribution < -0.4 is 5.32 Å². The van der Waals surface area contributed by atoms with E-state index in [1.54, 1.807) is 11.8 Å². The molecule has 170 valence electrons. The Morgan fingerprint density at radius 1 is 1.20 bits per heavy atom. The summed E-state index contributed by atoms with van der Waals surface area (Å²) in [7, 11) is 0. The number of carbonyl (C=O) groups excluding carboxylic acids is 3. The Hall–Kier alpha value is -1.89. The van der Waals surface area contributed by atoms with Crippen molar-refractivity contribution in [2.24, 2.45) is 29.6 Å². The van der Waals surface area contributed by atoms with Gasteiger partial charge in [-0.25, -0.2) is 0 Å². The van der Waals surface area contributed by atoms with Gasteiger partial charge in [0, 0.05) is 12.0 Å². The molecular formula is C23H38N2O5. The van der Waals surface area contributed by atoms with Gasteiger partial charge in [-0.05, 0) is 39.0 Å². The fourth-order valence-electron chi connectivity index (χ4n) is 4.94. The molecule has 0 aromatic carbocycles. The number of aliphatic hydroxyl groups excluding tert-OH is 1. The molecule has 2 aliphatic rings. The highest BCUT2D eigenvalue weighted by atomic mass is 16.5. The number of hydrogen-bond donors (Lipinski definition) is 2. The molecule has 0 spiro atoms. The van der Waals surface area contributed by atoms with Gasteiger partial charge in [-0.15, -0.1) is 0 Å². The van der Waals surface area contributed by atoms with Crippen LogP contribution in [-0.2, 0) is 19.1 Å². The largest absolute Gasteiger partial charge is 0.466 e. The summed E-state index contributed by atoms with van der Waals surface area (Å²) in [6.07, 6.45) is 5.36. The van der Waals surface area contributed by atoms with Crippen LogP contribution in [0.3, 0.4) is 0 Å². The third kappa shape index (κ3) is 4.56. The van der Waals surface area contributed by atoms with Gasteiger partial charge < -0.3 is 20.1 Å². The molecule has 0 aromatic rings. The van der Waals surface area contributed by atoms with Gasteiger partial charge in [0.05, 0.1) is 31.1 Å². The number of fused-ring (bicyclic) bond motifs is 1. The van der Waals surface area contributed by atoms with Crippen LogP contribution in [0.1, 0.15) is 54.4 Å². The van der Waals surface area contributed by atoms with E-state index in [0.29, 0.717) is 6.42 Å². The van der Waals surface area contributed by atoms with Gasteiger partial charge in [-0.3, -0.25) is 14.4 Å². The van der Waals surface area contributed by atoms with Crippen molar-refractivity contribution in [1.29, 1.82) is 0 Å². The summed E-state index contributed by atoms with van der Waals surface area (Å²) in [5.74, 6) is -2.65. The zero-order valence-electron chi connectivity index (χ0n) is 19.1. The van der Waals surface area contributed by atoms with Crippen molar-refractivity contribution in [2.75, 3.05) is 13.2 Å². The van der Waals surface area contributed by atoms with Crippen molar-refractivity contribution >= 4 is 17.8 Å². The number of carbonyl (C=O) groups is 3. The number of amides is 2. The Labute approximate surface area is 180 Å². The average Bonchev–Trinajstić information content (AvgIpc) is 3.00. The average molecular weight is 423 g/mol. The lowest BCUT2D eigenvalue weighted by atomic mass is 9.69. The third-order valence-electron chi connectivity index (χ3n) is 6.62. The SMILES string of the molecule is CCOC(=O)[C@H]1[C@H]2C(=O)N([C@@H](CO)[C@@H](C)CC)[C@H](C(=O)NC(C)C)[C@H]2C=C[C@H]1CC. The van der Waals surface area contributed by atoms with Gasteiger partial charge >= 0.3 is 5.97 Å². The molecule has 7 nitrogen and oxygen atoms in total. The van der Waals surface area contributed by atoms with E-state index in [1.165, 1.54) is 0 Å². The van der Waals surface area contributed by atoms with Crippen LogP contribution in [0.2, 0.25) is 0 Å². The molecule has 0 unspecified atom stereocenters. The fraction of sp³-hybridized carbons (Fsp3) is 0.783.